The number of halogens is 2. The van der Waals surface area contributed by atoms with Gasteiger partial charge in [-0.3, -0.25) is 4.79 Å². The molecule has 140 valence electrons. The van der Waals surface area contributed by atoms with Crippen molar-refractivity contribution in [2.24, 2.45) is 5.92 Å². The van der Waals surface area contributed by atoms with Gasteiger partial charge in [0, 0.05) is 22.8 Å². The molecule has 0 saturated carbocycles. The molecule has 3 aromatic rings. The molecule has 0 spiro atoms. The molecule has 4 rings (SSSR count). The van der Waals surface area contributed by atoms with Crippen LogP contribution in [0.1, 0.15) is 40.7 Å². The van der Waals surface area contributed by atoms with Crippen LogP contribution in [0.2, 0.25) is 0 Å². The van der Waals surface area contributed by atoms with Crippen molar-refractivity contribution in [1.29, 1.82) is 0 Å². The number of aryl methyl sites for hydroxylation is 1. The number of nitrogen functional groups attached to an aromatic ring is 1. The summed E-state index contributed by atoms with van der Waals surface area (Å²) in [6.45, 7) is 2.20. The van der Waals surface area contributed by atoms with Crippen molar-refractivity contribution in [1.82, 2.24) is 4.98 Å². The largest absolute Gasteiger partial charge is 0.397 e. The number of carbonyl (C=O) groups is 1. The zero-order chi connectivity index (χ0) is 19.1. The first-order valence-electron chi connectivity index (χ1n) is 8.93. The fourth-order valence-corrected chi connectivity index (χ4v) is 4.54. The molecule has 27 heavy (non-hydrogen) atoms. The molecule has 4 nitrogen and oxygen atoms in total. The number of thiophene rings is 1. The van der Waals surface area contributed by atoms with Crippen molar-refractivity contribution in [3.8, 4) is 0 Å². The van der Waals surface area contributed by atoms with Gasteiger partial charge in [-0.25, -0.2) is 13.8 Å². The lowest BCUT2D eigenvalue weighted by molar-refractivity contribution is 0.103. The van der Waals surface area contributed by atoms with E-state index in [-0.39, 0.29) is 5.69 Å². The molecule has 0 aliphatic heterocycles. The predicted molar refractivity (Wildman–Crippen MR) is 104 cm³/mol. The van der Waals surface area contributed by atoms with Gasteiger partial charge in [-0.05, 0) is 48.9 Å². The third kappa shape index (κ3) is 3.27. The Bertz CT molecular complexity index is 1050. The number of anilines is 2. The van der Waals surface area contributed by atoms with Crippen LogP contribution in [-0.4, -0.2) is 10.9 Å². The molecule has 1 aromatic carbocycles. The predicted octanol–water partition coefficient (Wildman–Crippen LogP) is 4.92. The number of carbonyl (C=O) groups excluding carboxylic acids is 1. The second kappa shape index (κ2) is 6.88. The third-order valence-electron chi connectivity index (χ3n) is 5.15. The monoisotopic (exact) mass is 387 g/mol. The number of hydrogen-bond donors (Lipinski definition) is 2. The van der Waals surface area contributed by atoms with Gasteiger partial charge in [0.1, 0.15) is 9.71 Å². The fourth-order valence-electron chi connectivity index (χ4n) is 3.54. The summed E-state index contributed by atoms with van der Waals surface area (Å²) in [5, 5.41) is 3.35. The number of aromatic nitrogens is 1. The summed E-state index contributed by atoms with van der Waals surface area (Å²) in [4.78, 5) is 18.4. The highest BCUT2D eigenvalue weighted by molar-refractivity contribution is 7.21. The van der Waals surface area contributed by atoms with E-state index in [1.165, 1.54) is 23.0 Å². The summed E-state index contributed by atoms with van der Waals surface area (Å²) in [5.41, 5.74) is 9.07. The van der Waals surface area contributed by atoms with Gasteiger partial charge in [-0.2, -0.15) is 0 Å². The Morgan fingerprint density at radius 1 is 1.33 bits per heavy atom. The molecule has 0 radical (unpaired) electrons. The van der Waals surface area contributed by atoms with Crippen LogP contribution < -0.4 is 11.1 Å². The van der Waals surface area contributed by atoms with Crippen LogP contribution in [-0.2, 0) is 12.8 Å². The lowest BCUT2D eigenvalue weighted by Gasteiger charge is -2.22. The van der Waals surface area contributed by atoms with Crippen LogP contribution in [0, 0.1) is 17.6 Å². The van der Waals surface area contributed by atoms with E-state index < -0.39 is 17.5 Å². The molecule has 1 atom stereocenters. The first-order valence-corrected chi connectivity index (χ1v) is 9.75. The van der Waals surface area contributed by atoms with E-state index >= 15 is 0 Å². The van der Waals surface area contributed by atoms with Crippen LogP contribution in [0.4, 0.5) is 20.2 Å². The molecule has 7 heteroatoms. The molecule has 0 fully saturated rings. The number of rotatable bonds is 3. The van der Waals surface area contributed by atoms with Crippen LogP contribution in [0.15, 0.2) is 24.3 Å². The minimum absolute atomic E-state index is 0.175. The number of nitrogens with zero attached hydrogens (tertiary/aromatic N) is 1. The van der Waals surface area contributed by atoms with Crippen molar-refractivity contribution in [3.05, 3.63) is 52.0 Å². The molecular formula is C20H19F2N3OS. The molecule has 0 saturated heterocycles. The van der Waals surface area contributed by atoms with E-state index in [2.05, 4.69) is 18.3 Å². The van der Waals surface area contributed by atoms with E-state index in [4.69, 9.17) is 10.7 Å². The Hall–Kier alpha value is -2.54. The van der Waals surface area contributed by atoms with Crippen molar-refractivity contribution in [2.45, 2.75) is 32.6 Å². The highest BCUT2D eigenvalue weighted by Crippen LogP contribution is 2.37. The molecule has 1 aliphatic carbocycles. The van der Waals surface area contributed by atoms with Crippen molar-refractivity contribution in [3.63, 3.8) is 0 Å². The average molecular weight is 387 g/mol. The summed E-state index contributed by atoms with van der Waals surface area (Å²) < 4.78 is 26.4. The maximum absolute atomic E-state index is 13.4. The normalized spacial score (nSPS) is 16.3. The number of amides is 1. The van der Waals surface area contributed by atoms with E-state index in [1.807, 2.05) is 0 Å². The summed E-state index contributed by atoms with van der Waals surface area (Å²) in [6.07, 6.45) is 4.20. The highest BCUT2D eigenvalue weighted by atomic mass is 32.1. The number of pyridine rings is 1. The van der Waals surface area contributed by atoms with Gasteiger partial charge < -0.3 is 11.1 Å². The van der Waals surface area contributed by atoms with E-state index in [0.29, 0.717) is 16.5 Å². The third-order valence-corrected chi connectivity index (χ3v) is 6.26. The first-order chi connectivity index (χ1) is 13.0. The molecule has 0 bridgehead atoms. The van der Waals surface area contributed by atoms with Crippen LogP contribution >= 0.6 is 11.3 Å². The average Bonchev–Trinajstić information content (AvgIpc) is 2.98. The highest BCUT2D eigenvalue weighted by Gasteiger charge is 2.23. The Morgan fingerprint density at radius 2 is 2.15 bits per heavy atom. The summed E-state index contributed by atoms with van der Waals surface area (Å²) in [7, 11) is 0. The number of fused-ring (bicyclic) bond motifs is 2. The van der Waals surface area contributed by atoms with Gasteiger partial charge in [0.25, 0.3) is 5.91 Å². The van der Waals surface area contributed by atoms with E-state index in [1.54, 1.807) is 0 Å². The molecule has 1 amide bonds. The van der Waals surface area contributed by atoms with Gasteiger partial charge in [0.15, 0.2) is 11.6 Å². The van der Waals surface area contributed by atoms with Crippen LogP contribution in [0.5, 0.6) is 0 Å². The number of hydrogen-bond acceptors (Lipinski definition) is 4. The maximum atomic E-state index is 13.4. The molecule has 1 aliphatic rings. The second-order valence-electron chi connectivity index (χ2n) is 6.89. The first kappa shape index (κ1) is 17.9. The van der Waals surface area contributed by atoms with Crippen LogP contribution in [0.3, 0.4) is 0 Å². The zero-order valence-corrected chi connectivity index (χ0v) is 15.6. The van der Waals surface area contributed by atoms with Crippen LogP contribution in [0.25, 0.3) is 10.2 Å². The van der Waals surface area contributed by atoms with Gasteiger partial charge in [-0.1, -0.05) is 13.3 Å². The summed E-state index contributed by atoms with van der Waals surface area (Å²) in [5.74, 6) is -1.77. The number of nitrogens with one attached hydrogen (secondary N) is 1. The zero-order valence-electron chi connectivity index (χ0n) is 14.8. The molecule has 0 unspecified atom stereocenters. The second-order valence-corrected chi connectivity index (χ2v) is 7.89. The Labute approximate surface area is 159 Å². The van der Waals surface area contributed by atoms with E-state index in [0.717, 1.165) is 53.7 Å². The van der Waals surface area contributed by atoms with Gasteiger partial charge >= 0.3 is 0 Å². The Morgan fingerprint density at radius 3 is 2.89 bits per heavy atom. The SMILES string of the molecule is CC[C@@H]1CCc2nc3sc(C(=O)Nc4ccc(F)c(F)c4)c(N)c3cc2C1. The Kier molecular flexibility index (Phi) is 4.55. The molecular weight excluding hydrogens is 368 g/mol. The lowest BCUT2D eigenvalue weighted by Crippen LogP contribution is -2.14. The Balaban J connectivity index is 1.66. The minimum Gasteiger partial charge on any atom is -0.397 e. The maximum Gasteiger partial charge on any atom is 0.267 e. The summed E-state index contributed by atoms with van der Waals surface area (Å²) >= 11 is 1.22. The smallest absolute Gasteiger partial charge is 0.267 e. The van der Waals surface area contributed by atoms with Gasteiger partial charge in [0.2, 0.25) is 0 Å². The lowest BCUT2D eigenvalue weighted by atomic mass is 9.85. The van der Waals surface area contributed by atoms with Crippen molar-refractivity contribution in [2.75, 3.05) is 11.1 Å². The standard InChI is InChI=1S/C20H19F2N3OS/c1-2-10-3-6-16-11(7-10)8-13-17(23)18(27-20(13)25-16)19(26)24-12-4-5-14(21)15(22)9-12/h4-5,8-10H,2-3,6-7,23H2,1H3,(H,24,26)/t10-/m1/s1. The number of benzene rings is 1. The fraction of sp³-hybridized carbons (Fsp3) is 0.300. The number of nitrogens with two attached hydrogens (primary N) is 1. The van der Waals surface area contributed by atoms with Crippen molar-refractivity contribution >= 4 is 38.8 Å². The van der Waals surface area contributed by atoms with Gasteiger partial charge in [-0.15, -0.1) is 11.3 Å². The summed E-state index contributed by atoms with van der Waals surface area (Å²) in [6, 6.07) is 5.28. The molecule has 2 heterocycles. The van der Waals surface area contributed by atoms with E-state index in [9.17, 15) is 13.6 Å². The van der Waals surface area contributed by atoms with Crippen molar-refractivity contribution < 1.29 is 13.6 Å². The molecule has 3 N–H and O–H groups in total. The molecule has 2 aromatic heterocycles. The topological polar surface area (TPSA) is 68.0 Å². The van der Waals surface area contributed by atoms with Gasteiger partial charge in [0.05, 0.1) is 5.69 Å². The quantitative estimate of drug-likeness (QED) is 0.670. The minimum atomic E-state index is -1.02.